The first-order valence-electron chi connectivity index (χ1n) is 8.61. The standard InChI is InChI=1S/C19H18Cl2N4/c1-10-7-13-11(2)19(13)25(10)16-8-15(24-6-5-22-9-24)12-3-4-14(20)17(21)18(12)23-16/h3-6,8-11,13,19H,7H2,1-2H3/t10-,11?,13?,19?/m1/s1. The van der Waals surface area contributed by atoms with E-state index in [1.807, 2.05) is 22.9 Å². The first-order chi connectivity index (χ1) is 12.1. The number of hydrogen-bond donors (Lipinski definition) is 0. The van der Waals surface area contributed by atoms with Crippen molar-refractivity contribution in [3.8, 4) is 5.69 Å². The molecule has 0 amide bonds. The maximum absolute atomic E-state index is 6.51. The SMILES string of the molecule is CC1C2C[C@@H](C)N(c3cc(-n4ccnc4)c4ccc(Cl)c(Cl)c4n3)C12. The molecule has 128 valence electrons. The number of benzene rings is 1. The summed E-state index contributed by atoms with van der Waals surface area (Å²) in [6.07, 6.45) is 6.75. The summed E-state index contributed by atoms with van der Waals surface area (Å²) >= 11 is 12.8. The minimum absolute atomic E-state index is 0.491. The van der Waals surface area contributed by atoms with Gasteiger partial charge in [-0.3, -0.25) is 0 Å². The van der Waals surface area contributed by atoms with Crippen LogP contribution < -0.4 is 4.90 Å². The quantitative estimate of drug-likeness (QED) is 0.637. The predicted molar refractivity (Wildman–Crippen MR) is 102 cm³/mol. The molecule has 0 bridgehead atoms. The Bertz CT molecular complexity index is 969. The summed E-state index contributed by atoms with van der Waals surface area (Å²) in [5.74, 6) is 2.50. The fourth-order valence-electron chi connectivity index (χ4n) is 4.47. The Hall–Kier alpha value is -1.78. The lowest BCUT2D eigenvalue weighted by atomic mass is 10.1. The van der Waals surface area contributed by atoms with Gasteiger partial charge in [0.1, 0.15) is 5.82 Å². The van der Waals surface area contributed by atoms with E-state index >= 15 is 0 Å². The molecule has 6 heteroatoms. The van der Waals surface area contributed by atoms with Crippen LogP contribution in [-0.2, 0) is 0 Å². The third-order valence-corrected chi connectivity index (χ3v) is 6.60. The van der Waals surface area contributed by atoms with Gasteiger partial charge in [-0.2, -0.15) is 0 Å². The molecule has 0 N–H and O–H groups in total. The van der Waals surface area contributed by atoms with Crippen LogP contribution in [0.25, 0.3) is 16.6 Å². The number of rotatable bonds is 2. The molecule has 25 heavy (non-hydrogen) atoms. The number of hydrogen-bond acceptors (Lipinski definition) is 3. The van der Waals surface area contributed by atoms with E-state index in [1.54, 1.807) is 12.5 Å². The third kappa shape index (κ3) is 2.20. The minimum Gasteiger partial charge on any atom is -0.350 e. The van der Waals surface area contributed by atoms with Crippen molar-refractivity contribution in [2.45, 2.75) is 32.4 Å². The van der Waals surface area contributed by atoms with Crippen LogP contribution in [-0.4, -0.2) is 26.6 Å². The van der Waals surface area contributed by atoms with Gasteiger partial charge >= 0.3 is 0 Å². The molecule has 1 saturated carbocycles. The number of aromatic nitrogens is 3. The van der Waals surface area contributed by atoms with Crippen molar-refractivity contribution >= 4 is 39.9 Å². The lowest BCUT2D eigenvalue weighted by Gasteiger charge is -2.28. The Balaban J connectivity index is 1.76. The molecule has 4 nitrogen and oxygen atoms in total. The second-order valence-corrected chi connectivity index (χ2v) is 8.02. The predicted octanol–water partition coefficient (Wildman–Crippen LogP) is 4.96. The molecule has 2 aromatic heterocycles. The van der Waals surface area contributed by atoms with Crippen molar-refractivity contribution < 1.29 is 0 Å². The molecule has 5 rings (SSSR count). The number of pyridine rings is 1. The maximum atomic E-state index is 6.51. The van der Waals surface area contributed by atoms with Crippen molar-refractivity contribution in [1.82, 2.24) is 14.5 Å². The van der Waals surface area contributed by atoms with Crippen LogP contribution in [0.4, 0.5) is 5.82 Å². The first-order valence-corrected chi connectivity index (χ1v) is 9.37. The first kappa shape index (κ1) is 15.5. The van der Waals surface area contributed by atoms with E-state index in [0.717, 1.165) is 34.2 Å². The summed E-state index contributed by atoms with van der Waals surface area (Å²) in [4.78, 5) is 11.6. The highest BCUT2D eigenvalue weighted by Gasteiger charge is 2.57. The van der Waals surface area contributed by atoms with E-state index < -0.39 is 0 Å². The van der Waals surface area contributed by atoms with Crippen LogP contribution >= 0.6 is 23.2 Å². The lowest BCUT2D eigenvalue weighted by molar-refractivity contribution is 0.578. The van der Waals surface area contributed by atoms with Gasteiger partial charge in [0.25, 0.3) is 0 Å². The number of nitrogens with zero attached hydrogens (tertiary/aromatic N) is 4. The molecule has 2 fully saturated rings. The highest BCUT2D eigenvalue weighted by Crippen LogP contribution is 2.54. The van der Waals surface area contributed by atoms with Crippen LogP contribution in [0.5, 0.6) is 0 Å². The zero-order chi connectivity index (χ0) is 17.3. The molecular weight excluding hydrogens is 355 g/mol. The van der Waals surface area contributed by atoms with E-state index in [2.05, 4.69) is 29.8 Å². The van der Waals surface area contributed by atoms with Crippen LogP contribution in [0.1, 0.15) is 20.3 Å². The number of halogens is 2. The summed E-state index contributed by atoms with van der Waals surface area (Å²) in [7, 11) is 0. The maximum Gasteiger partial charge on any atom is 0.131 e. The van der Waals surface area contributed by atoms with Gasteiger partial charge in [0.15, 0.2) is 0 Å². The number of anilines is 1. The van der Waals surface area contributed by atoms with Crippen molar-refractivity contribution in [1.29, 1.82) is 0 Å². The smallest absolute Gasteiger partial charge is 0.131 e. The minimum atomic E-state index is 0.491. The summed E-state index contributed by atoms with van der Waals surface area (Å²) < 4.78 is 2.01. The second-order valence-electron chi connectivity index (χ2n) is 7.23. The molecule has 3 aromatic rings. The highest BCUT2D eigenvalue weighted by atomic mass is 35.5. The Labute approximate surface area is 156 Å². The van der Waals surface area contributed by atoms with E-state index in [4.69, 9.17) is 28.2 Å². The van der Waals surface area contributed by atoms with Gasteiger partial charge in [-0.25, -0.2) is 9.97 Å². The van der Waals surface area contributed by atoms with E-state index in [1.165, 1.54) is 6.42 Å². The third-order valence-electron chi connectivity index (χ3n) is 5.81. The van der Waals surface area contributed by atoms with Crippen LogP contribution in [0.3, 0.4) is 0 Å². The largest absolute Gasteiger partial charge is 0.350 e. The fraction of sp³-hybridized carbons (Fsp3) is 0.368. The summed E-state index contributed by atoms with van der Waals surface area (Å²) in [5, 5.41) is 2.01. The molecule has 4 atom stereocenters. The Morgan fingerprint density at radius 2 is 2.04 bits per heavy atom. The molecule has 1 aliphatic heterocycles. The Kier molecular flexibility index (Phi) is 3.32. The highest BCUT2D eigenvalue weighted by molar-refractivity contribution is 6.45. The molecule has 1 aliphatic carbocycles. The van der Waals surface area contributed by atoms with E-state index in [-0.39, 0.29) is 0 Å². The average Bonchev–Trinajstić information content (AvgIpc) is 3.03. The monoisotopic (exact) mass is 372 g/mol. The lowest BCUT2D eigenvalue weighted by Crippen LogP contribution is -2.32. The number of fused-ring (bicyclic) bond motifs is 2. The topological polar surface area (TPSA) is 34.0 Å². The number of piperidine rings is 1. The Morgan fingerprint density at radius 1 is 1.20 bits per heavy atom. The van der Waals surface area contributed by atoms with Crippen molar-refractivity contribution in [2.75, 3.05) is 4.90 Å². The van der Waals surface area contributed by atoms with Crippen LogP contribution in [0.15, 0.2) is 36.9 Å². The fourth-order valence-corrected chi connectivity index (χ4v) is 4.83. The normalized spacial score (nSPS) is 27.8. The van der Waals surface area contributed by atoms with E-state index in [9.17, 15) is 0 Å². The van der Waals surface area contributed by atoms with Crippen LogP contribution in [0.2, 0.25) is 10.0 Å². The zero-order valence-corrected chi connectivity index (χ0v) is 15.5. The van der Waals surface area contributed by atoms with Gasteiger partial charge in [-0.15, -0.1) is 0 Å². The van der Waals surface area contributed by atoms with Gasteiger partial charge in [-0.05, 0) is 37.3 Å². The molecule has 1 aromatic carbocycles. The Morgan fingerprint density at radius 3 is 2.76 bits per heavy atom. The van der Waals surface area contributed by atoms with Gasteiger partial charge < -0.3 is 9.47 Å². The van der Waals surface area contributed by atoms with E-state index in [0.29, 0.717) is 22.1 Å². The van der Waals surface area contributed by atoms with Gasteiger partial charge in [-0.1, -0.05) is 30.1 Å². The molecule has 0 spiro atoms. The van der Waals surface area contributed by atoms with Crippen molar-refractivity contribution in [2.24, 2.45) is 11.8 Å². The molecule has 1 saturated heterocycles. The molecule has 0 radical (unpaired) electrons. The van der Waals surface area contributed by atoms with Gasteiger partial charge in [0.05, 0.1) is 27.6 Å². The zero-order valence-electron chi connectivity index (χ0n) is 14.0. The molecule has 3 heterocycles. The van der Waals surface area contributed by atoms with Crippen molar-refractivity contribution in [3.05, 3.63) is 47.0 Å². The second kappa shape index (κ2) is 5.36. The molecule has 3 unspecified atom stereocenters. The summed E-state index contributed by atoms with van der Waals surface area (Å²) in [6.45, 7) is 4.61. The van der Waals surface area contributed by atoms with Gasteiger partial charge in [0.2, 0.25) is 0 Å². The van der Waals surface area contributed by atoms with Crippen LogP contribution in [0, 0.1) is 11.8 Å². The van der Waals surface area contributed by atoms with Crippen molar-refractivity contribution in [3.63, 3.8) is 0 Å². The number of imidazole rings is 1. The molecule has 2 aliphatic rings. The van der Waals surface area contributed by atoms with Gasteiger partial charge in [0, 0.05) is 35.9 Å². The molecular formula is C19H18Cl2N4. The average molecular weight is 373 g/mol. The summed E-state index contributed by atoms with van der Waals surface area (Å²) in [6, 6.07) is 7.04. The summed E-state index contributed by atoms with van der Waals surface area (Å²) in [5.41, 5.74) is 1.78.